The first-order chi connectivity index (χ1) is 11.1. The highest BCUT2D eigenvalue weighted by Crippen LogP contribution is 2.41. The summed E-state index contributed by atoms with van der Waals surface area (Å²) in [5.41, 5.74) is 0.265. The van der Waals surface area contributed by atoms with E-state index >= 15 is 0 Å². The summed E-state index contributed by atoms with van der Waals surface area (Å²) in [5, 5.41) is 3.55. The summed E-state index contributed by atoms with van der Waals surface area (Å²) < 4.78 is 10.5. The van der Waals surface area contributed by atoms with Gasteiger partial charge in [0.05, 0.1) is 7.11 Å². The van der Waals surface area contributed by atoms with E-state index in [0.717, 1.165) is 5.56 Å². The Morgan fingerprint density at radius 1 is 1.30 bits per heavy atom. The molecule has 6 nitrogen and oxygen atoms in total. The van der Waals surface area contributed by atoms with Crippen LogP contribution < -0.4 is 10.1 Å². The SMILES string of the molecule is COC(=O)C1(Oc2ccc(CNc3cc(Cl)ncn3)cc2)CC1. The maximum Gasteiger partial charge on any atom is 0.350 e. The standard InChI is InChI=1S/C16H16ClN3O3/c1-22-15(21)16(6-7-16)23-12-4-2-11(3-5-12)9-18-14-8-13(17)19-10-20-14/h2-5,8,10H,6-7,9H2,1H3,(H,18,19,20). The zero-order valence-electron chi connectivity index (χ0n) is 12.6. The second-order valence-corrected chi connectivity index (χ2v) is 5.70. The van der Waals surface area contributed by atoms with Crippen LogP contribution in [0.4, 0.5) is 5.82 Å². The topological polar surface area (TPSA) is 73.3 Å². The fraction of sp³-hybridized carbons (Fsp3) is 0.312. The summed E-state index contributed by atoms with van der Waals surface area (Å²) in [6.45, 7) is 0.593. The summed E-state index contributed by atoms with van der Waals surface area (Å²) in [6, 6.07) is 9.20. The van der Waals surface area contributed by atoms with Crippen molar-refractivity contribution in [2.45, 2.75) is 25.0 Å². The zero-order chi connectivity index (χ0) is 16.3. The predicted octanol–water partition coefficient (Wildman–Crippen LogP) is 2.83. The molecule has 120 valence electrons. The minimum absolute atomic E-state index is 0.316. The fourth-order valence-electron chi connectivity index (χ4n) is 2.17. The van der Waals surface area contributed by atoms with Crippen molar-refractivity contribution in [3.05, 3.63) is 47.4 Å². The molecule has 0 aliphatic heterocycles. The van der Waals surface area contributed by atoms with Crippen molar-refractivity contribution in [2.24, 2.45) is 0 Å². The van der Waals surface area contributed by atoms with Gasteiger partial charge in [-0.2, -0.15) is 0 Å². The normalized spacial score (nSPS) is 14.9. The number of nitrogens with one attached hydrogen (secondary N) is 1. The van der Waals surface area contributed by atoms with Gasteiger partial charge in [0.1, 0.15) is 23.0 Å². The summed E-state index contributed by atoms with van der Waals surface area (Å²) in [7, 11) is 1.37. The molecule has 3 rings (SSSR count). The van der Waals surface area contributed by atoms with Gasteiger partial charge >= 0.3 is 5.97 Å². The van der Waals surface area contributed by atoms with E-state index in [1.165, 1.54) is 13.4 Å². The van der Waals surface area contributed by atoms with E-state index in [1.807, 2.05) is 24.3 Å². The molecule has 1 heterocycles. The van der Waals surface area contributed by atoms with Gasteiger partial charge in [-0.1, -0.05) is 23.7 Å². The molecule has 23 heavy (non-hydrogen) atoms. The minimum atomic E-state index is -0.785. The molecule has 7 heteroatoms. The molecule has 0 atom stereocenters. The Bertz CT molecular complexity index is 702. The third kappa shape index (κ3) is 3.71. The number of nitrogens with zero attached hydrogens (tertiary/aromatic N) is 2. The maximum absolute atomic E-state index is 11.7. The van der Waals surface area contributed by atoms with E-state index in [2.05, 4.69) is 15.3 Å². The third-order valence-corrected chi connectivity index (χ3v) is 3.81. The lowest BCUT2D eigenvalue weighted by Crippen LogP contribution is -2.30. The Labute approximate surface area is 138 Å². The van der Waals surface area contributed by atoms with Crippen molar-refractivity contribution >= 4 is 23.4 Å². The van der Waals surface area contributed by atoms with Crippen LogP contribution in [-0.2, 0) is 16.1 Å². The van der Waals surface area contributed by atoms with Crippen LogP contribution in [0.25, 0.3) is 0 Å². The molecule has 2 aromatic rings. The van der Waals surface area contributed by atoms with Crippen LogP contribution in [-0.4, -0.2) is 28.6 Å². The van der Waals surface area contributed by atoms with Crippen molar-refractivity contribution in [2.75, 3.05) is 12.4 Å². The van der Waals surface area contributed by atoms with E-state index in [4.69, 9.17) is 21.1 Å². The Hall–Kier alpha value is -2.34. The number of rotatable bonds is 6. The van der Waals surface area contributed by atoms with Gasteiger partial charge in [0.15, 0.2) is 0 Å². The van der Waals surface area contributed by atoms with Gasteiger partial charge in [-0.05, 0) is 17.7 Å². The van der Waals surface area contributed by atoms with Crippen molar-refractivity contribution in [1.82, 2.24) is 9.97 Å². The first-order valence-electron chi connectivity index (χ1n) is 7.19. The lowest BCUT2D eigenvalue weighted by atomic mass is 10.2. The van der Waals surface area contributed by atoms with Crippen molar-refractivity contribution < 1.29 is 14.3 Å². The van der Waals surface area contributed by atoms with E-state index in [0.29, 0.717) is 36.1 Å². The van der Waals surface area contributed by atoms with Crippen LogP contribution in [0.1, 0.15) is 18.4 Å². The molecule has 1 fully saturated rings. The van der Waals surface area contributed by atoms with E-state index in [9.17, 15) is 4.79 Å². The number of carbonyl (C=O) groups is 1. The molecule has 1 saturated carbocycles. The number of esters is 1. The monoisotopic (exact) mass is 333 g/mol. The van der Waals surface area contributed by atoms with E-state index in [1.54, 1.807) is 6.07 Å². The Morgan fingerprint density at radius 3 is 2.65 bits per heavy atom. The van der Waals surface area contributed by atoms with Crippen LogP contribution >= 0.6 is 11.6 Å². The van der Waals surface area contributed by atoms with Gasteiger partial charge in [0.25, 0.3) is 0 Å². The number of aromatic nitrogens is 2. The summed E-state index contributed by atoms with van der Waals surface area (Å²) in [5.74, 6) is 0.999. The number of hydrogen-bond acceptors (Lipinski definition) is 6. The molecule has 1 aromatic heterocycles. The third-order valence-electron chi connectivity index (χ3n) is 3.61. The summed E-state index contributed by atoms with van der Waals surface area (Å²) in [6.07, 6.45) is 2.79. The second kappa shape index (κ2) is 6.42. The van der Waals surface area contributed by atoms with E-state index < -0.39 is 5.60 Å². The maximum atomic E-state index is 11.7. The van der Waals surface area contributed by atoms with Gasteiger partial charge in [-0.15, -0.1) is 0 Å². The first-order valence-corrected chi connectivity index (χ1v) is 7.57. The lowest BCUT2D eigenvalue weighted by molar-refractivity contribution is -0.151. The minimum Gasteiger partial charge on any atom is -0.476 e. The van der Waals surface area contributed by atoms with Crippen LogP contribution in [0.2, 0.25) is 5.15 Å². The van der Waals surface area contributed by atoms with Crippen molar-refractivity contribution in [3.8, 4) is 5.75 Å². The van der Waals surface area contributed by atoms with Crippen LogP contribution in [0, 0.1) is 0 Å². The number of carbonyl (C=O) groups excluding carboxylic acids is 1. The molecular formula is C16H16ClN3O3. The van der Waals surface area contributed by atoms with Gasteiger partial charge in [0, 0.05) is 25.5 Å². The molecule has 1 aliphatic rings. The Kier molecular flexibility index (Phi) is 4.34. The highest BCUT2D eigenvalue weighted by molar-refractivity contribution is 6.29. The quantitative estimate of drug-likeness (QED) is 0.647. The molecule has 1 aliphatic carbocycles. The molecule has 0 amide bonds. The molecular weight excluding hydrogens is 318 g/mol. The number of benzene rings is 1. The largest absolute Gasteiger partial charge is 0.476 e. The van der Waals surface area contributed by atoms with E-state index in [-0.39, 0.29) is 5.97 Å². The zero-order valence-corrected chi connectivity index (χ0v) is 13.3. The van der Waals surface area contributed by atoms with Gasteiger partial charge < -0.3 is 14.8 Å². The number of halogens is 1. The Balaban J connectivity index is 1.58. The molecule has 0 radical (unpaired) electrons. The summed E-state index contributed by atoms with van der Waals surface area (Å²) in [4.78, 5) is 19.6. The molecule has 1 aromatic carbocycles. The van der Waals surface area contributed by atoms with Gasteiger partial charge in [0.2, 0.25) is 5.60 Å². The van der Waals surface area contributed by atoms with Crippen LogP contribution in [0.15, 0.2) is 36.7 Å². The molecule has 0 spiro atoms. The van der Waals surface area contributed by atoms with Crippen LogP contribution in [0.3, 0.4) is 0 Å². The lowest BCUT2D eigenvalue weighted by Gasteiger charge is -2.15. The van der Waals surface area contributed by atoms with Gasteiger partial charge in [-0.3, -0.25) is 0 Å². The number of methoxy groups -OCH3 is 1. The smallest absolute Gasteiger partial charge is 0.350 e. The van der Waals surface area contributed by atoms with Crippen LogP contribution in [0.5, 0.6) is 5.75 Å². The fourth-order valence-corrected chi connectivity index (χ4v) is 2.32. The number of anilines is 1. The first kappa shape index (κ1) is 15.6. The average molecular weight is 334 g/mol. The Morgan fingerprint density at radius 2 is 2.04 bits per heavy atom. The summed E-state index contributed by atoms with van der Waals surface area (Å²) >= 11 is 5.81. The molecule has 1 N–H and O–H groups in total. The second-order valence-electron chi connectivity index (χ2n) is 5.31. The average Bonchev–Trinajstić information content (AvgIpc) is 3.34. The highest BCUT2D eigenvalue weighted by atomic mass is 35.5. The molecule has 0 saturated heterocycles. The number of hydrogen-bond donors (Lipinski definition) is 1. The predicted molar refractivity (Wildman–Crippen MR) is 85.4 cm³/mol. The molecule has 0 bridgehead atoms. The van der Waals surface area contributed by atoms with Crippen molar-refractivity contribution in [3.63, 3.8) is 0 Å². The number of ether oxygens (including phenoxy) is 2. The highest BCUT2D eigenvalue weighted by Gasteiger charge is 2.54. The molecule has 0 unspecified atom stereocenters. The van der Waals surface area contributed by atoms with Crippen molar-refractivity contribution in [1.29, 1.82) is 0 Å². The van der Waals surface area contributed by atoms with Gasteiger partial charge in [-0.25, -0.2) is 14.8 Å².